The number of halogens is 2. The van der Waals surface area contributed by atoms with Crippen LogP contribution in [0.2, 0.25) is 5.02 Å². The van der Waals surface area contributed by atoms with E-state index in [1.54, 1.807) is 16.7 Å². The van der Waals surface area contributed by atoms with Gasteiger partial charge in [0.1, 0.15) is 6.04 Å². The lowest BCUT2D eigenvalue weighted by Gasteiger charge is -2.32. The number of nitrogens with one attached hydrogen (secondary N) is 1. The van der Waals surface area contributed by atoms with Gasteiger partial charge in [0.2, 0.25) is 11.8 Å². The van der Waals surface area contributed by atoms with E-state index in [1.165, 1.54) is 0 Å². The summed E-state index contributed by atoms with van der Waals surface area (Å²) >= 11 is 11.1. The molecule has 0 fully saturated rings. The van der Waals surface area contributed by atoms with Crippen LogP contribution in [0.3, 0.4) is 0 Å². The molecule has 0 radical (unpaired) electrons. The zero-order chi connectivity index (χ0) is 25.9. The minimum Gasteiger partial charge on any atom is -0.352 e. The largest absolute Gasteiger partial charge is 0.352 e. The van der Waals surface area contributed by atoms with Crippen molar-refractivity contribution in [3.63, 3.8) is 0 Å². The summed E-state index contributed by atoms with van der Waals surface area (Å²) in [6, 6.07) is 24.8. The van der Waals surface area contributed by atoms with Crippen LogP contribution in [0.4, 0.5) is 0 Å². The molecule has 0 unspecified atom stereocenters. The van der Waals surface area contributed by atoms with Crippen molar-refractivity contribution >= 4 is 51.1 Å². The Morgan fingerprint density at radius 2 is 1.67 bits per heavy atom. The quantitative estimate of drug-likeness (QED) is 0.251. The minimum absolute atomic E-state index is 0.0258. The first-order valence-electron chi connectivity index (χ1n) is 12.1. The van der Waals surface area contributed by atoms with E-state index in [0.29, 0.717) is 23.7 Å². The van der Waals surface area contributed by atoms with Crippen molar-refractivity contribution in [3.05, 3.63) is 105 Å². The van der Waals surface area contributed by atoms with Crippen LogP contribution in [-0.2, 0) is 28.3 Å². The van der Waals surface area contributed by atoms with Gasteiger partial charge in [0, 0.05) is 34.3 Å². The molecule has 4 nitrogen and oxygen atoms in total. The molecule has 36 heavy (non-hydrogen) atoms. The van der Waals surface area contributed by atoms with Gasteiger partial charge in [-0.3, -0.25) is 9.59 Å². The van der Waals surface area contributed by atoms with Gasteiger partial charge < -0.3 is 10.2 Å². The first kappa shape index (κ1) is 28.3. The van der Waals surface area contributed by atoms with Gasteiger partial charge in [-0.25, -0.2) is 0 Å². The maximum absolute atomic E-state index is 13.7. The van der Waals surface area contributed by atoms with E-state index in [-0.39, 0.29) is 23.6 Å². The van der Waals surface area contributed by atoms with Crippen LogP contribution in [0, 0.1) is 0 Å². The number of hydrogen-bond acceptors (Lipinski definition) is 3. The number of amides is 2. The summed E-state index contributed by atoms with van der Waals surface area (Å²) in [6.07, 6.45) is 1.27. The Balaban J connectivity index is 1.85. The molecule has 0 aliphatic rings. The number of nitrogens with zero attached hydrogens (tertiary/aromatic N) is 1. The predicted octanol–water partition coefficient (Wildman–Crippen LogP) is 6.89. The second-order valence-electron chi connectivity index (χ2n) is 8.79. The topological polar surface area (TPSA) is 49.4 Å². The summed E-state index contributed by atoms with van der Waals surface area (Å²) in [7, 11) is 0. The van der Waals surface area contributed by atoms with Crippen LogP contribution in [0.15, 0.2) is 83.3 Å². The van der Waals surface area contributed by atoms with Crippen molar-refractivity contribution in [2.75, 3.05) is 5.75 Å². The lowest BCUT2D eigenvalue weighted by molar-refractivity contribution is -0.139. The monoisotopic (exact) mass is 586 g/mol. The number of carbonyl (C=O) groups is 2. The third-order valence-corrected chi connectivity index (χ3v) is 7.66. The van der Waals surface area contributed by atoms with Crippen LogP contribution < -0.4 is 5.32 Å². The Morgan fingerprint density at radius 3 is 2.33 bits per heavy atom. The molecule has 0 heterocycles. The first-order valence-corrected chi connectivity index (χ1v) is 14.4. The van der Waals surface area contributed by atoms with E-state index in [9.17, 15) is 9.59 Å². The molecular weight excluding hydrogens is 556 g/mol. The smallest absolute Gasteiger partial charge is 0.243 e. The Morgan fingerprint density at radius 1 is 0.972 bits per heavy atom. The predicted molar refractivity (Wildman–Crippen MR) is 154 cm³/mol. The minimum atomic E-state index is -0.621. The molecule has 2 atom stereocenters. The Kier molecular flexibility index (Phi) is 11.4. The third-order valence-electron chi connectivity index (χ3n) is 5.92. The second kappa shape index (κ2) is 14.5. The van der Waals surface area contributed by atoms with Gasteiger partial charge in [0.25, 0.3) is 0 Å². The fourth-order valence-electron chi connectivity index (χ4n) is 3.75. The van der Waals surface area contributed by atoms with Gasteiger partial charge >= 0.3 is 0 Å². The van der Waals surface area contributed by atoms with E-state index in [0.717, 1.165) is 27.6 Å². The highest BCUT2D eigenvalue weighted by Gasteiger charge is 2.30. The highest BCUT2D eigenvalue weighted by Crippen LogP contribution is 2.21. The molecule has 3 rings (SSSR count). The van der Waals surface area contributed by atoms with Crippen molar-refractivity contribution in [3.8, 4) is 0 Å². The fourth-order valence-corrected chi connectivity index (χ4v) is 5.19. The summed E-state index contributed by atoms with van der Waals surface area (Å²) < 4.78 is 0.938. The molecule has 0 aromatic heterocycles. The summed E-state index contributed by atoms with van der Waals surface area (Å²) in [5.74, 6) is 0.780. The number of carbonyl (C=O) groups excluding carboxylic acids is 2. The van der Waals surface area contributed by atoms with Crippen molar-refractivity contribution < 1.29 is 9.59 Å². The summed E-state index contributed by atoms with van der Waals surface area (Å²) in [4.78, 5) is 28.9. The molecule has 0 spiro atoms. The summed E-state index contributed by atoms with van der Waals surface area (Å²) in [6.45, 7) is 4.38. The summed E-state index contributed by atoms with van der Waals surface area (Å²) in [5.41, 5.74) is 3.09. The zero-order valence-corrected chi connectivity index (χ0v) is 23.8. The van der Waals surface area contributed by atoms with E-state index in [1.807, 2.05) is 92.7 Å². The average Bonchev–Trinajstić information content (AvgIpc) is 2.87. The lowest BCUT2D eigenvalue weighted by Crippen LogP contribution is -2.52. The van der Waals surface area contributed by atoms with Gasteiger partial charge in [-0.2, -0.15) is 0 Å². The number of thioether (sulfide) groups is 1. The van der Waals surface area contributed by atoms with Crippen LogP contribution >= 0.6 is 39.3 Å². The van der Waals surface area contributed by atoms with Crippen LogP contribution in [-0.4, -0.2) is 34.6 Å². The van der Waals surface area contributed by atoms with E-state index in [4.69, 9.17) is 11.6 Å². The number of benzene rings is 3. The molecule has 0 aliphatic heterocycles. The fraction of sp³-hybridized carbons (Fsp3) is 0.310. The van der Waals surface area contributed by atoms with Crippen molar-refractivity contribution in [2.24, 2.45) is 0 Å². The van der Waals surface area contributed by atoms with Crippen LogP contribution in [0.25, 0.3) is 0 Å². The molecule has 2 amide bonds. The zero-order valence-electron chi connectivity index (χ0n) is 20.6. The van der Waals surface area contributed by atoms with E-state index >= 15 is 0 Å². The second-order valence-corrected chi connectivity index (χ2v) is 11.1. The molecule has 1 N–H and O–H groups in total. The number of rotatable bonds is 12. The van der Waals surface area contributed by atoms with E-state index < -0.39 is 6.04 Å². The highest BCUT2D eigenvalue weighted by molar-refractivity contribution is 9.10. The number of hydrogen-bond donors (Lipinski definition) is 1. The first-order chi connectivity index (χ1) is 17.4. The molecule has 0 saturated heterocycles. The molecule has 190 valence electrons. The third kappa shape index (κ3) is 8.99. The molecule has 0 saturated carbocycles. The molecule has 0 bridgehead atoms. The molecule has 3 aromatic rings. The van der Waals surface area contributed by atoms with Crippen LogP contribution in [0.1, 0.15) is 37.0 Å². The van der Waals surface area contributed by atoms with Gasteiger partial charge in [-0.15, -0.1) is 11.8 Å². The average molecular weight is 588 g/mol. The van der Waals surface area contributed by atoms with Crippen molar-refractivity contribution in [1.82, 2.24) is 10.2 Å². The standard InChI is InChI=1S/C29H32BrClN2O2S/c1-3-21(2)32-29(35)27(17-22-8-5-4-6-9-22)33(18-24-10-7-11-25(30)16-24)28(34)20-36-19-23-12-14-26(31)15-13-23/h4-16,21,27H,3,17-20H2,1-2H3,(H,32,35)/t21-,27-/m0/s1. The molecule has 3 aromatic carbocycles. The Bertz CT molecular complexity index is 1130. The maximum Gasteiger partial charge on any atom is 0.243 e. The Hall–Kier alpha value is -2.28. The Labute approximate surface area is 231 Å². The van der Waals surface area contributed by atoms with Gasteiger partial charge in [-0.05, 0) is 54.3 Å². The van der Waals surface area contributed by atoms with Crippen LogP contribution in [0.5, 0.6) is 0 Å². The molecular formula is C29H32BrClN2O2S. The van der Waals surface area contributed by atoms with E-state index in [2.05, 4.69) is 21.2 Å². The van der Waals surface area contributed by atoms with Crippen molar-refractivity contribution in [1.29, 1.82) is 0 Å². The SMILES string of the molecule is CC[C@H](C)NC(=O)[C@H](Cc1ccccc1)N(Cc1cccc(Br)c1)C(=O)CSCc1ccc(Cl)cc1. The van der Waals surface area contributed by atoms with Gasteiger partial charge in [0.15, 0.2) is 0 Å². The summed E-state index contributed by atoms with van der Waals surface area (Å²) in [5, 5.41) is 3.80. The normalized spacial score (nSPS) is 12.6. The van der Waals surface area contributed by atoms with Crippen molar-refractivity contribution in [2.45, 2.75) is 51.1 Å². The van der Waals surface area contributed by atoms with Gasteiger partial charge in [-0.1, -0.05) is 89.1 Å². The maximum atomic E-state index is 13.7. The molecule has 0 aliphatic carbocycles. The lowest BCUT2D eigenvalue weighted by atomic mass is 10.0. The highest BCUT2D eigenvalue weighted by atomic mass is 79.9. The van der Waals surface area contributed by atoms with Gasteiger partial charge in [0.05, 0.1) is 5.75 Å². The molecule has 7 heteroatoms.